The van der Waals surface area contributed by atoms with E-state index in [0.29, 0.717) is 0 Å². The molecule has 0 bridgehead atoms. The van der Waals surface area contributed by atoms with Gasteiger partial charge in [-0.15, -0.1) is 0 Å². The summed E-state index contributed by atoms with van der Waals surface area (Å²) in [6.45, 7) is 0. The fourth-order valence-corrected chi connectivity index (χ4v) is 9.96. The van der Waals surface area contributed by atoms with Gasteiger partial charge in [0.15, 0.2) is 0 Å². The summed E-state index contributed by atoms with van der Waals surface area (Å²) in [7, 11) is 0. The van der Waals surface area contributed by atoms with E-state index >= 15 is 0 Å². The molecule has 0 spiro atoms. The van der Waals surface area contributed by atoms with Gasteiger partial charge in [0.2, 0.25) is 0 Å². The molecule has 320 valence electrons. The van der Waals surface area contributed by atoms with Crippen molar-refractivity contribution < 1.29 is 0 Å². The Labute approximate surface area is 397 Å². The fraction of sp³-hybridized carbons (Fsp3) is 0. The van der Waals surface area contributed by atoms with E-state index in [9.17, 15) is 0 Å². The smallest absolute Gasteiger partial charge is 0.0546 e. The molecule has 12 rings (SSSR count). The van der Waals surface area contributed by atoms with Crippen molar-refractivity contribution >= 4 is 66.4 Å². The maximum absolute atomic E-state index is 2.46. The molecule has 2 nitrogen and oxygen atoms in total. The fourth-order valence-electron chi connectivity index (χ4n) is 9.96. The minimum atomic E-state index is 1.09. The normalized spacial score (nSPS) is 11.2. The van der Waals surface area contributed by atoms with Crippen LogP contribution < -0.4 is 9.80 Å². The second-order valence-electron chi connectivity index (χ2n) is 17.3. The lowest BCUT2D eigenvalue weighted by atomic mass is 9.92. The Morgan fingerprint density at radius 1 is 0.162 bits per heavy atom. The molecule has 0 fully saturated rings. The predicted octanol–water partition coefficient (Wildman–Crippen LogP) is 18.8. The molecule has 0 amide bonds. The van der Waals surface area contributed by atoms with Gasteiger partial charge in [0, 0.05) is 33.5 Å². The largest absolute Gasteiger partial charge is 0.310 e. The number of nitrogens with zero attached hydrogens (tertiary/aromatic N) is 2. The first-order valence-corrected chi connectivity index (χ1v) is 23.3. The standard InChI is InChI=1S/C66H46N2/c1-7-23-47(24-8-1)51-39-52(48-25-9-2-10-26-48)42-57(41-51)67(55-31-15-5-16-32-55)65-45-63-60-36-20-22-38-62(60)66(46-64(63)59-35-19-21-37-61(59)65)68(56-33-17-6-18-34-56)58-43-53(49-27-11-3-12-28-49)40-54(44-58)50-29-13-4-14-30-50/h1-46H. The number of anilines is 6. The highest BCUT2D eigenvalue weighted by Gasteiger charge is 2.23. The van der Waals surface area contributed by atoms with E-state index in [2.05, 4.69) is 289 Å². The molecule has 0 aliphatic carbocycles. The van der Waals surface area contributed by atoms with E-state index in [0.717, 1.165) is 56.4 Å². The van der Waals surface area contributed by atoms with Gasteiger partial charge < -0.3 is 9.80 Å². The van der Waals surface area contributed by atoms with Crippen molar-refractivity contribution in [3.63, 3.8) is 0 Å². The Morgan fingerprint density at radius 2 is 0.412 bits per heavy atom. The van der Waals surface area contributed by atoms with Crippen molar-refractivity contribution in [1.82, 2.24) is 0 Å². The van der Waals surface area contributed by atoms with Gasteiger partial charge in [-0.3, -0.25) is 0 Å². The van der Waals surface area contributed by atoms with Gasteiger partial charge in [-0.25, -0.2) is 0 Å². The van der Waals surface area contributed by atoms with Crippen molar-refractivity contribution in [2.45, 2.75) is 0 Å². The Bertz CT molecular complexity index is 3340. The molecule has 0 unspecified atom stereocenters. The minimum absolute atomic E-state index is 1.09. The molecule has 0 aliphatic heterocycles. The summed E-state index contributed by atoms with van der Waals surface area (Å²) in [6, 6.07) is 101. The number of hydrogen-bond acceptors (Lipinski definition) is 2. The van der Waals surface area contributed by atoms with E-state index in [1.165, 1.54) is 54.6 Å². The minimum Gasteiger partial charge on any atom is -0.310 e. The first-order valence-electron chi connectivity index (χ1n) is 23.3. The van der Waals surface area contributed by atoms with Gasteiger partial charge in [-0.05, 0) is 139 Å². The van der Waals surface area contributed by atoms with Crippen LogP contribution in [-0.2, 0) is 0 Å². The third-order valence-electron chi connectivity index (χ3n) is 13.1. The second-order valence-corrected chi connectivity index (χ2v) is 17.3. The molecule has 0 heterocycles. The number of para-hydroxylation sites is 2. The molecule has 0 saturated carbocycles. The lowest BCUT2D eigenvalue weighted by Crippen LogP contribution is -2.12. The van der Waals surface area contributed by atoms with E-state index in [4.69, 9.17) is 0 Å². The van der Waals surface area contributed by atoms with Gasteiger partial charge in [0.1, 0.15) is 0 Å². The van der Waals surface area contributed by atoms with Crippen LogP contribution in [0.1, 0.15) is 0 Å². The van der Waals surface area contributed by atoms with Gasteiger partial charge in [-0.1, -0.05) is 206 Å². The molecular weight excluding hydrogens is 821 g/mol. The summed E-state index contributed by atoms with van der Waals surface area (Å²) in [5, 5.41) is 7.09. The lowest BCUT2D eigenvalue weighted by Gasteiger charge is -2.30. The van der Waals surface area contributed by atoms with Crippen LogP contribution in [0.2, 0.25) is 0 Å². The van der Waals surface area contributed by atoms with Crippen LogP contribution in [0.3, 0.4) is 0 Å². The van der Waals surface area contributed by atoms with Crippen LogP contribution in [0.4, 0.5) is 34.1 Å². The maximum atomic E-state index is 2.46. The monoisotopic (exact) mass is 866 g/mol. The lowest BCUT2D eigenvalue weighted by molar-refractivity contribution is 1.30. The Morgan fingerprint density at radius 3 is 0.706 bits per heavy atom. The van der Waals surface area contributed by atoms with Crippen molar-refractivity contribution in [3.8, 4) is 44.5 Å². The van der Waals surface area contributed by atoms with E-state index in [1.807, 2.05) is 0 Å². The first-order chi connectivity index (χ1) is 33.7. The molecular formula is C66H46N2. The average molecular weight is 867 g/mol. The van der Waals surface area contributed by atoms with Gasteiger partial charge >= 0.3 is 0 Å². The summed E-state index contributed by atoms with van der Waals surface area (Å²) in [6.07, 6.45) is 0. The molecule has 0 aliphatic rings. The molecule has 0 N–H and O–H groups in total. The molecule has 12 aromatic rings. The molecule has 0 radical (unpaired) electrons. The van der Waals surface area contributed by atoms with Gasteiger partial charge in [-0.2, -0.15) is 0 Å². The zero-order valence-electron chi connectivity index (χ0n) is 37.5. The maximum Gasteiger partial charge on any atom is 0.0546 e. The average Bonchev–Trinajstić information content (AvgIpc) is 3.42. The zero-order valence-corrected chi connectivity index (χ0v) is 37.5. The zero-order chi connectivity index (χ0) is 45.2. The highest BCUT2D eigenvalue weighted by atomic mass is 15.2. The van der Waals surface area contributed by atoms with E-state index < -0.39 is 0 Å². The Balaban J connectivity index is 1.13. The number of hydrogen-bond donors (Lipinski definition) is 0. The quantitative estimate of drug-likeness (QED) is 0.126. The van der Waals surface area contributed by atoms with Crippen molar-refractivity contribution in [3.05, 3.63) is 279 Å². The molecule has 0 atom stereocenters. The SMILES string of the molecule is c1ccc(-c2cc(-c3ccccc3)cc(N(c3ccccc3)c3cc4c5ccccc5c(N(c5ccccc5)c5cc(-c6ccccc6)cc(-c6ccccc6)c5)cc4c4ccccc34)c2)cc1. The molecule has 68 heavy (non-hydrogen) atoms. The van der Waals surface area contributed by atoms with Crippen LogP contribution in [-0.4, -0.2) is 0 Å². The summed E-state index contributed by atoms with van der Waals surface area (Å²) in [5.41, 5.74) is 15.9. The van der Waals surface area contributed by atoms with Crippen LogP contribution in [0.5, 0.6) is 0 Å². The Hall–Kier alpha value is -8.98. The summed E-state index contributed by atoms with van der Waals surface area (Å²) in [4.78, 5) is 4.92. The van der Waals surface area contributed by atoms with E-state index in [-0.39, 0.29) is 0 Å². The highest BCUT2D eigenvalue weighted by Crippen LogP contribution is 2.49. The van der Waals surface area contributed by atoms with Gasteiger partial charge in [0.05, 0.1) is 11.4 Å². The highest BCUT2D eigenvalue weighted by molar-refractivity contribution is 6.24. The molecule has 0 aromatic heterocycles. The van der Waals surface area contributed by atoms with Crippen LogP contribution in [0.25, 0.3) is 76.8 Å². The molecule has 0 saturated heterocycles. The predicted molar refractivity (Wildman–Crippen MR) is 290 cm³/mol. The van der Waals surface area contributed by atoms with Crippen LogP contribution in [0, 0.1) is 0 Å². The summed E-state index contributed by atoms with van der Waals surface area (Å²) < 4.78 is 0. The topological polar surface area (TPSA) is 6.48 Å². The number of fused-ring (bicyclic) bond motifs is 5. The number of benzene rings is 12. The molecule has 2 heteroatoms. The third-order valence-corrected chi connectivity index (χ3v) is 13.1. The van der Waals surface area contributed by atoms with Crippen LogP contribution >= 0.6 is 0 Å². The van der Waals surface area contributed by atoms with Crippen molar-refractivity contribution in [1.29, 1.82) is 0 Å². The summed E-state index contributed by atoms with van der Waals surface area (Å²) >= 11 is 0. The first kappa shape index (κ1) is 40.5. The number of rotatable bonds is 10. The third kappa shape index (κ3) is 7.64. The summed E-state index contributed by atoms with van der Waals surface area (Å²) in [5.74, 6) is 0. The van der Waals surface area contributed by atoms with Crippen LogP contribution in [0.15, 0.2) is 279 Å². The van der Waals surface area contributed by atoms with E-state index in [1.54, 1.807) is 0 Å². The molecule has 12 aromatic carbocycles. The Kier molecular flexibility index (Phi) is 10.6. The van der Waals surface area contributed by atoms with Crippen molar-refractivity contribution in [2.24, 2.45) is 0 Å². The second kappa shape index (κ2) is 17.8. The van der Waals surface area contributed by atoms with Crippen molar-refractivity contribution in [2.75, 3.05) is 9.80 Å². The van der Waals surface area contributed by atoms with Gasteiger partial charge in [0.25, 0.3) is 0 Å².